The molecule has 0 radical (unpaired) electrons. The summed E-state index contributed by atoms with van der Waals surface area (Å²) in [5.74, 6) is 0.150. The third-order valence-corrected chi connectivity index (χ3v) is 7.92. The lowest BCUT2D eigenvalue weighted by Crippen LogP contribution is -2.22. The van der Waals surface area contributed by atoms with Crippen LogP contribution in [0.3, 0.4) is 0 Å². The smallest absolute Gasteiger partial charge is 0.0968 e. The number of hydrogen-bond donors (Lipinski definition) is 0. The van der Waals surface area contributed by atoms with Gasteiger partial charge in [-0.15, -0.1) is 0 Å². The summed E-state index contributed by atoms with van der Waals surface area (Å²) >= 11 is 1.82. The molecule has 0 aliphatic carbocycles. The van der Waals surface area contributed by atoms with Crippen LogP contribution in [0.15, 0.2) is 119 Å². The Kier molecular flexibility index (Phi) is 5.56. The molecule has 3 nitrogen and oxygen atoms in total. The van der Waals surface area contributed by atoms with Crippen LogP contribution in [0.1, 0.15) is 17.9 Å². The Labute approximate surface area is 210 Å². The topological polar surface area (TPSA) is 30.3 Å². The van der Waals surface area contributed by atoms with Crippen LogP contribution in [0.2, 0.25) is 0 Å². The van der Waals surface area contributed by atoms with Crippen molar-refractivity contribution in [3.05, 3.63) is 114 Å². The molecule has 4 aromatic carbocycles. The van der Waals surface area contributed by atoms with E-state index in [4.69, 9.17) is 0 Å². The first kappa shape index (κ1) is 21.6. The van der Waals surface area contributed by atoms with Crippen LogP contribution in [0.25, 0.3) is 11.1 Å². The zero-order valence-corrected chi connectivity index (χ0v) is 20.4. The number of fused-ring (bicyclic) bond motifs is 2. The molecule has 0 bridgehead atoms. The highest BCUT2D eigenvalue weighted by Gasteiger charge is 2.25. The van der Waals surface area contributed by atoms with Crippen molar-refractivity contribution in [3.63, 3.8) is 0 Å². The van der Waals surface area contributed by atoms with Gasteiger partial charge in [0, 0.05) is 41.2 Å². The molecule has 4 aromatic rings. The van der Waals surface area contributed by atoms with Gasteiger partial charge in [-0.25, -0.2) is 0 Å². The minimum absolute atomic E-state index is 0.150. The lowest BCUT2D eigenvalue weighted by atomic mass is 9.86. The zero-order chi connectivity index (χ0) is 23.8. The van der Waals surface area contributed by atoms with E-state index in [1.54, 1.807) is 0 Å². The highest BCUT2D eigenvalue weighted by Crippen LogP contribution is 2.51. The average molecular weight is 472 g/mol. The Hall–Kier alpha value is -3.94. The van der Waals surface area contributed by atoms with Gasteiger partial charge < -0.3 is 9.80 Å². The number of benzene rings is 4. The Bertz CT molecular complexity index is 1440. The minimum Gasteiger partial charge on any atom is -0.380 e. The third kappa shape index (κ3) is 3.99. The van der Waals surface area contributed by atoms with E-state index in [9.17, 15) is 5.26 Å². The maximum Gasteiger partial charge on any atom is 0.0968 e. The van der Waals surface area contributed by atoms with Crippen LogP contribution in [0.4, 0.5) is 17.1 Å². The number of nitrogens with zero attached hydrogens (tertiary/aromatic N) is 3. The van der Waals surface area contributed by atoms with Crippen LogP contribution < -0.4 is 4.90 Å². The molecular weight excluding hydrogens is 446 g/mol. The Morgan fingerprint density at radius 1 is 0.800 bits per heavy atom. The molecule has 0 N–H and O–H groups in total. The molecule has 6 rings (SSSR count). The van der Waals surface area contributed by atoms with Gasteiger partial charge in [0.15, 0.2) is 0 Å². The van der Waals surface area contributed by atoms with Crippen molar-refractivity contribution in [1.29, 1.82) is 5.26 Å². The molecule has 1 unspecified atom stereocenters. The Balaban J connectivity index is 1.41. The van der Waals surface area contributed by atoms with Gasteiger partial charge in [0.1, 0.15) is 0 Å². The summed E-state index contributed by atoms with van der Waals surface area (Å²) in [4.78, 5) is 6.99. The van der Waals surface area contributed by atoms with Gasteiger partial charge in [0.25, 0.3) is 0 Å². The summed E-state index contributed by atoms with van der Waals surface area (Å²) in [7, 11) is 2.03. The molecule has 35 heavy (non-hydrogen) atoms. The number of nitriles is 1. The number of allylic oxidation sites excluding steroid dienone is 1. The molecule has 0 fully saturated rings. The Morgan fingerprint density at radius 2 is 1.46 bits per heavy atom. The van der Waals surface area contributed by atoms with Gasteiger partial charge in [0.2, 0.25) is 0 Å². The SMILES string of the molecule is CN1C=C(C#N)C(c2cccc(-c3cccc(N4c5ccccc5Sc5ccccc54)c3)c2)CC1. The van der Waals surface area contributed by atoms with Gasteiger partial charge in [-0.1, -0.05) is 72.4 Å². The molecule has 0 amide bonds. The number of rotatable bonds is 3. The average Bonchev–Trinajstić information content (AvgIpc) is 2.91. The number of hydrogen-bond acceptors (Lipinski definition) is 4. The summed E-state index contributed by atoms with van der Waals surface area (Å²) in [6.07, 6.45) is 2.95. The predicted molar refractivity (Wildman–Crippen MR) is 144 cm³/mol. The maximum atomic E-state index is 9.72. The van der Waals surface area contributed by atoms with Crippen LogP contribution in [0.5, 0.6) is 0 Å². The van der Waals surface area contributed by atoms with E-state index in [2.05, 4.69) is 113 Å². The van der Waals surface area contributed by atoms with Crippen molar-refractivity contribution in [2.75, 3.05) is 18.5 Å². The van der Waals surface area contributed by atoms with Crippen molar-refractivity contribution in [2.45, 2.75) is 22.1 Å². The summed E-state index contributed by atoms with van der Waals surface area (Å²) < 4.78 is 0. The van der Waals surface area contributed by atoms with E-state index in [0.717, 1.165) is 24.2 Å². The van der Waals surface area contributed by atoms with E-state index in [-0.39, 0.29) is 5.92 Å². The first-order valence-electron chi connectivity index (χ1n) is 11.9. The third-order valence-electron chi connectivity index (χ3n) is 6.79. The molecule has 0 aromatic heterocycles. The fraction of sp³-hybridized carbons (Fsp3) is 0.129. The molecular formula is C31H25N3S. The van der Waals surface area contributed by atoms with Gasteiger partial charge in [-0.2, -0.15) is 5.26 Å². The van der Waals surface area contributed by atoms with Crippen LogP contribution in [0, 0.1) is 11.3 Å². The van der Waals surface area contributed by atoms with Crippen molar-refractivity contribution >= 4 is 28.8 Å². The number of para-hydroxylation sites is 2. The van der Waals surface area contributed by atoms with E-state index in [0.29, 0.717) is 0 Å². The second-order valence-corrected chi connectivity index (χ2v) is 10.2. The number of anilines is 3. The monoisotopic (exact) mass is 471 g/mol. The second-order valence-electron chi connectivity index (χ2n) is 9.07. The van der Waals surface area contributed by atoms with E-state index >= 15 is 0 Å². The lowest BCUT2D eigenvalue weighted by molar-refractivity contribution is 0.402. The molecule has 0 saturated carbocycles. The first-order chi connectivity index (χ1) is 17.2. The zero-order valence-electron chi connectivity index (χ0n) is 19.6. The summed E-state index contributed by atoms with van der Waals surface area (Å²) in [5.41, 5.74) is 7.95. The van der Waals surface area contributed by atoms with Crippen LogP contribution in [-0.2, 0) is 0 Å². The summed E-state index contributed by atoms with van der Waals surface area (Å²) in [5, 5.41) is 9.72. The van der Waals surface area contributed by atoms with Gasteiger partial charge in [-0.05, 0) is 59.5 Å². The van der Waals surface area contributed by atoms with Gasteiger partial charge in [-0.3, -0.25) is 0 Å². The van der Waals surface area contributed by atoms with Crippen molar-refractivity contribution in [2.24, 2.45) is 0 Å². The standard InChI is InChI=1S/C31H25N3S/c1-33-17-16-27(25(20-32)21-33)24-10-6-8-22(18-24)23-9-7-11-26(19-23)34-28-12-2-4-14-30(28)35-31-15-5-3-13-29(31)34/h2-15,18-19,21,27H,16-17H2,1H3. The minimum atomic E-state index is 0.150. The van der Waals surface area contributed by atoms with Crippen molar-refractivity contribution < 1.29 is 0 Å². The second kappa shape index (κ2) is 9.02. The van der Waals surface area contributed by atoms with Gasteiger partial charge >= 0.3 is 0 Å². The van der Waals surface area contributed by atoms with E-state index < -0.39 is 0 Å². The van der Waals surface area contributed by atoms with Crippen molar-refractivity contribution in [3.8, 4) is 17.2 Å². The van der Waals surface area contributed by atoms with Crippen molar-refractivity contribution in [1.82, 2.24) is 4.90 Å². The highest BCUT2D eigenvalue weighted by molar-refractivity contribution is 7.99. The van der Waals surface area contributed by atoms with Crippen LogP contribution >= 0.6 is 11.8 Å². The Morgan fingerprint density at radius 3 is 2.17 bits per heavy atom. The van der Waals surface area contributed by atoms with Crippen LogP contribution in [-0.4, -0.2) is 18.5 Å². The fourth-order valence-electron chi connectivity index (χ4n) is 5.08. The quantitative estimate of drug-likeness (QED) is 0.266. The molecule has 170 valence electrons. The molecule has 4 heteroatoms. The predicted octanol–water partition coefficient (Wildman–Crippen LogP) is 8.11. The highest BCUT2D eigenvalue weighted by atomic mass is 32.2. The lowest BCUT2D eigenvalue weighted by Gasteiger charge is -2.33. The normalized spacial score (nSPS) is 16.7. The molecule has 2 heterocycles. The molecule has 1 atom stereocenters. The maximum absolute atomic E-state index is 9.72. The summed E-state index contributed by atoms with van der Waals surface area (Å²) in [6, 6.07) is 37.1. The first-order valence-corrected chi connectivity index (χ1v) is 12.7. The molecule has 2 aliphatic heterocycles. The summed E-state index contributed by atoms with van der Waals surface area (Å²) in [6.45, 7) is 0.960. The van der Waals surface area contributed by atoms with Gasteiger partial charge in [0.05, 0.1) is 23.0 Å². The molecule has 0 spiro atoms. The van der Waals surface area contributed by atoms with E-state index in [1.165, 1.54) is 37.9 Å². The molecule has 0 saturated heterocycles. The largest absolute Gasteiger partial charge is 0.380 e. The molecule has 2 aliphatic rings. The fourth-order valence-corrected chi connectivity index (χ4v) is 6.13. The van der Waals surface area contributed by atoms with E-state index in [1.807, 2.05) is 25.0 Å².